The molecule has 0 aliphatic heterocycles. The van der Waals surface area contributed by atoms with Gasteiger partial charge in [0.2, 0.25) is 0 Å². The van der Waals surface area contributed by atoms with Gasteiger partial charge in [0.25, 0.3) is 0 Å². The van der Waals surface area contributed by atoms with Gasteiger partial charge in [-0.2, -0.15) is 0 Å². The number of aromatic nitrogens is 1. The first-order chi connectivity index (χ1) is 27.3. The van der Waals surface area contributed by atoms with E-state index in [-0.39, 0.29) is 0 Å². The van der Waals surface area contributed by atoms with Crippen LogP contribution in [0.5, 0.6) is 0 Å². The Kier molecular flexibility index (Phi) is 5.80. The van der Waals surface area contributed by atoms with Crippen LogP contribution in [0.1, 0.15) is 0 Å². The summed E-state index contributed by atoms with van der Waals surface area (Å²) in [6.07, 6.45) is 0. The second kappa shape index (κ2) is 10.8. The molecule has 55 heavy (non-hydrogen) atoms. The van der Waals surface area contributed by atoms with Crippen molar-refractivity contribution in [1.82, 2.24) is 4.57 Å². The second-order valence-corrected chi connectivity index (χ2v) is 15.8. The van der Waals surface area contributed by atoms with Crippen LogP contribution in [0, 0.1) is 0 Å². The quantitative estimate of drug-likeness (QED) is 0.167. The first-order valence-corrected chi connectivity index (χ1v) is 19.7. The lowest BCUT2D eigenvalue weighted by Crippen LogP contribution is -1.94. The molecule has 0 unspecified atom stereocenters. The van der Waals surface area contributed by atoms with Gasteiger partial charge < -0.3 is 8.98 Å². The minimum Gasteiger partial charge on any atom is -0.456 e. The summed E-state index contributed by atoms with van der Waals surface area (Å²) in [6.45, 7) is 0. The predicted molar refractivity (Wildman–Crippen MR) is 236 cm³/mol. The van der Waals surface area contributed by atoms with Crippen LogP contribution in [0.15, 0.2) is 180 Å². The molecule has 3 aromatic heterocycles. The minimum absolute atomic E-state index is 0.920. The maximum absolute atomic E-state index is 6.31. The van der Waals surface area contributed by atoms with Gasteiger partial charge in [0.05, 0.1) is 11.0 Å². The van der Waals surface area contributed by atoms with Crippen molar-refractivity contribution in [3.63, 3.8) is 0 Å². The highest BCUT2D eigenvalue weighted by atomic mass is 32.1. The lowest BCUT2D eigenvalue weighted by Gasteiger charge is -2.17. The van der Waals surface area contributed by atoms with Crippen molar-refractivity contribution < 1.29 is 4.42 Å². The molecule has 0 saturated heterocycles. The number of fused-ring (bicyclic) bond motifs is 10. The van der Waals surface area contributed by atoms with Crippen molar-refractivity contribution in [3.05, 3.63) is 176 Å². The Morgan fingerprint density at radius 3 is 1.85 bits per heavy atom. The fourth-order valence-corrected chi connectivity index (χ4v) is 10.7. The van der Waals surface area contributed by atoms with E-state index in [0.717, 1.165) is 16.6 Å². The molecule has 0 aliphatic carbocycles. The standard InChI is InChI=1S/C52H29NOS/c1-4-12-43-36(8-1)40-28-29-47-51(42-10-3-6-15-46(42)55-47)52(40)53(43)33-22-16-30(17-23-33)34-24-18-31-21-27-39-35(25-19-32-20-26-38(34)48(31)49(32)39)37-11-7-14-45-50(37)41-9-2-5-13-44(41)54-45/h1-29H. The lowest BCUT2D eigenvalue weighted by molar-refractivity contribution is 0.669. The van der Waals surface area contributed by atoms with Gasteiger partial charge in [0, 0.05) is 47.4 Å². The number of benzene rings is 10. The molecular weight excluding hydrogens is 687 g/mol. The van der Waals surface area contributed by atoms with Gasteiger partial charge in [-0.3, -0.25) is 0 Å². The van der Waals surface area contributed by atoms with Gasteiger partial charge >= 0.3 is 0 Å². The molecule has 0 spiro atoms. The highest BCUT2D eigenvalue weighted by molar-refractivity contribution is 7.26. The molecule has 13 rings (SSSR count). The molecular formula is C52H29NOS. The first-order valence-electron chi connectivity index (χ1n) is 18.8. The fraction of sp³-hybridized carbons (Fsp3) is 0. The summed E-state index contributed by atoms with van der Waals surface area (Å²) in [5, 5.41) is 15.2. The second-order valence-electron chi connectivity index (χ2n) is 14.8. The number of para-hydroxylation sites is 2. The summed E-state index contributed by atoms with van der Waals surface area (Å²) in [5.41, 5.74) is 10.4. The zero-order chi connectivity index (χ0) is 35.8. The molecule has 2 nitrogen and oxygen atoms in total. The molecule has 0 N–H and O–H groups in total. The van der Waals surface area contributed by atoms with Crippen LogP contribution in [0.3, 0.4) is 0 Å². The molecule has 0 bridgehead atoms. The largest absolute Gasteiger partial charge is 0.456 e. The Balaban J connectivity index is 1.01. The minimum atomic E-state index is 0.920. The van der Waals surface area contributed by atoms with Crippen LogP contribution >= 0.6 is 11.3 Å². The van der Waals surface area contributed by atoms with E-state index in [9.17, 15) is 0 Å². The molecule has 0 saturated carbocycles. The Morgan fingerprint density at radius 2 is 1.02 bits per heavy atom. The summed E-state index contributed by atoms with van der Waals surface area (Å²) < 4.78 is 11.4. The first kappa shape index (κ1) is 29.5. The van der Waals surface area contributed by atoms with Gasteiger partial charge in [-0.15, -0.1) is 11.3 Å². The van der Waals surface area contributed by atoms with Gasteiger partial charge in [-0.25, -0.2) is 0 Å². The van der Waals surface area contributed by atoms with E-state index in [1.807, 2.05) is 17.4 Å². The normalized spacial score (nSPS) is 12.4. The Morgan fingerprint density at radius 1 is 0.364 bits per heavy atom. The van der Waals surface area contributed by atoms with Crippen molar-refractivity contribution in [2.45, 2.75) is 0 Å². The summed E-state index contributed by atoms with van der Waals surface area (Å²) >= 11 is 1.88. The zero-order valence-corrected chi connectivity index (χ0v) is 30.3. The zero-order valence-electron chi connectivity index (χ0n) is 29.5. The molecule has 10 aromatic carbocycles. The summed E-state index contributed by atoms with van der Waals surface area (Å²) in [4.78, 5) is 0. The number of nitrogens with zero attached hydrogens (tertiary/aromatic N) is 1. The molecule has 3 heterocycles. The van der Waals surface area contributed by atoms with E-state index in [0.29, 0.717) is 0 Å². The number of hydrogen-bond acceptors (Lipinski definition) is 2. The van der Waals surface area contributed by atoms with E-state index in [2.05, 4.69) is 174 Å². The van der Waals surface area contributed by atoms with Crippen LogP contribution < -0.4 is 0 Å². The van der Waals surface area contributed by atoms with Gasteiger partial charge in [-0.1, -0.05) is 133 Å². The van der Waals surface area contributed by atoms with Crippen LogP contribution in [-0.2, 0) is 0 Å². The monoisotopic (exact) mass is 715 g/mol. The number of furan rings is 1. The fourth-order valence-electron chi connectivity index (χ4n) is 9.61. The average molecular weight is 716 g/mol. The molecule has 0 atom stereocenters. The molecule has 0 fully saturated rings. The van der Waals surface area contributed by atoms with Gasteiger partial charge in [-0.05, 0) is 97.0 Å². The van der Waals surface area contributed by atoms with Crippen molar-refractivity contribution >= 4 is 108 Å². The van der Waals surface area contributed by atoms with Crippen LogP contribution in [0.2, 0.25) is 0 Å². The highest BCUT2D eigenvalue weighted by Crippen LogP contribution is 2.46. The third kappa shape index (κ3) is 3.97. The Bertz CT molecular complexity index is 3710. The molecule has 0 amide bonds. The maximum atomic E-state index is 6.31. The number of hydrogen-bond donors (Lipinski definition) is 0. The van der Waals surface area contributed by atoms with E-state index >= 15 is 0 Å². The van der Waals surface area contributed by atoms with E-state index in [1.54, 1.807) is 0 Å². The molecule has 13 aromatic rings. The van der Waals surface area contributed by atoms with Crippen LogP contribution in [0.25, 0.3) is 124 Å². The predicted octanol–water partition coefficient (Wildman–Crippen LogP) is 15.3. The van der Waals surface area contributed by atoms with Gasteiger partial charge in [0.15, 0.2) is 0 Å². The SMILES string of the molecule is c1ccc2c(c1)oc1cccc(-c3ccc4ccc5c(-c6ccc(-n7c8ccccc8c8ccc9sc%10ccccc%10c9c87)cc6)ccc6ccc3c4c65)c12. The van der Waals surface area contributed by atoms with E-state index in [4.69, 9.17) is 4.42 Å². The smallest absolute Gasteiger partial charge is 0.136 e. The third-order valence-electron chi connectivity index (χ3n) is 12.0. The number of rotatable bonds is 3. The summed E-state index contributed by atoms with van der Waals surface area (Å²) in [7, 11) is 0. The van der Waals surface area contributed by atoms with Crippen molar-refractivity contribution in [2.75, 3.05) is 0 Å². The summed E-state index contributed by atoms with van der Waals surface area (Å²) in [5.74, 6) is 0. The molecule has 0 aliphatic rings. The maximum Gasteiger partial charge on any atom is 0.136 e. The van der Waals surface area contributed by atoms with Crippen molar-refractivity contribution in [2.24, 2.45) is 0 Å². The van der Waals surface area contributed by atoms with Gasteiger partial charge in [0.1, 0.15) is 11.2 Å². The average Bonchev–Trinajstić information content (AvgIpc) is 3.92. The molecule has 0 radical (unpaired) electrons. The van der Waals surface area contributed by atoms with Crippen LogP contribution in [0.4, 0.5) is 0 Å². The Hall–Kier alpha value is -6.94. The van der Waals surface area contributed by atoms with E-state index < -0.39 is 0 Å². The van der Waals surface area contributed by atoms with Crippen molar-refractivity contribution in [3.8, 4) is 27.9 Å². The summed E-state index contributed by atoms with van der Waals surface area (Å²) in [6, 6.07) is 64.7. The number of thiophene rings is 1. The Labute approximate surface area is 319 Å². The third-order valence-corrected chi connectivity index (χ3v) is 13.1. The molecule has 3 heteroatoms. The highest BCUT2D eigenvalue weighted by Gasteiger charge is 2.20. The topological polar surface area (TPSA) is 18.1 Å². The van der Waals surface area contributed by atoms with Crippen LogP contribution in [-0.4, -0.2) is 4.57 Å². The molecule has 254 valence electrons. The van der Waals surface area contributed by atoms with E-state index in [1.165, 1.54) is 108 Å². The lowest BCUT2D eigenvalue weighted by atomic mass is 9.86. The van der Waals surface area contributed by atoms with Crippen molar-refractivity contribution in [1.29, 1.82) is 0 Å².